The van der Waals surface area contributed by atoms with Crippen molar-refractivity contribution >= 4 is 18.0 Å². The van der Waals surface area contributed by atoms with Gasteiger partial charge < -0.3 is 19.5 Å². The average Bonchev–Trinajstić information content (AvgIpc) is 2.81. The number of hydrogen-bond donors (Lipinski definition) is 1. The molecule has 2 aromatic carbocycles. The summed E-state index contributed by atoms with van der Waals surface area (Å²) >= 11 is 0. The van der Waals surface area contributed by atoms with Crippen molar-refractivity contribution in [1.82, 2.24) is 5.32 Å². The summed E-state index contributed by atoms with van der Waals surface area (Å²) in [6.07, 6.45) is 3.24. The van der Waals surface area contributed by atoms with Crippen LogP contribution in [0.15, 0.2) is 42.0 Å². The predicted octanol–water partition coefficient (Wildman–Crippen LogP) is 4.93. The third kappa shape index (κ3) is 7.66. The van der Waals surface area contributed by atoms with Crippen LogP contribution < -0.4 is 19.5 Å². The second kappa shape index (κ2) is 13.0. The quantitative estimate of drug-likeness (QED) is 0.166. The summed E-state index contributed by atoms with van der Waals surface area (Å²) in [4.78, 5) is 24.5. The highest BCUT2D eigenvalue weighted by molar-refractivity contribution is 6.01. The Hall–Kier alpha value is -3.79. The molecule has 180 valence electrons. The van der Waals surface area contributed by atoms with E-state index in [1.54, 1.807) is 18.2 Å². The lowest BCUT2D eigenvalue weighted by atomic mass is 9.98. The molecule has 0 atom stereocenters. The van der Waals surface area contributed by atoms with Crippen LogP contribution in [-0.4, -0.2) is 32.1 Å². The van der Waals surface area contributed by atoms with Gasteiger partial charge in [-0.05, 0) is 66.3 Å². The maximum absolute atomic E-state index is 12.3. The van der Waals surface area contributed by atoms with E-state index in [4.69, 9.17) is 14.2 Å². The summed E-state index contributed by atoms with van der Waals surface area (Å²) in [5.74, 6) is 0.490. The fourth-order valence-corrected chi connectivity index (χ4v) is 3.33. The maximum atomic E-state index is 12.3. The summed E-state index contributed by atoms with van der Waals surface area (Å²) in [5.41, 5.74) is 2.87. The van der Waals surface area contributed by atoms with Crippen molar-refractivity contribution < 1.29 is 23.8 Å². The molecule has 0 radical (unpaired) electrons. The highest BCUT2D eigenvalue weighted by atomic mass is 16.6. The third-order valence-corrected chi connectivity index (χ3v) is 5.12. The molecular formula is C27H32N2O5. The van der Waals surface area contributed by atoms with E-state index >= 15 is 0 Å². The van der Waals surface area contributed by atoms with Gasteiger partial charge in [-0.25, -0.2) is 4.79 Å². The molecule has 1 amide bonds. The molecule has 0 aliphatic rings. The van der Waals surface area contributed by atoms with Crippen molar-refractivity contribution in [2.45, 2.75) is 46.5 Å². The SMILES string of the molecule is CCCCNC(=O)/C(C#N)=C/c1ccc(OC(=O)COc2ccc(C(C)C)c(C)c2)c(OC)c1. The molecule has 2 aromatic rings. The van der Waals surface area contributed by atoms with E-state index in [0.717, 1.165) is 18.4 Å². The number of nitrogens with one attached hydrogen (secondary N) is 1. The standard InChI is InChI=1S/C27H32N2O5/c1-6-7-12-29-27(31)21(16-28)14-20-8-11-24(25(15-20)32-5)34-26(30)17-33-22-9-10-23(18(2)3)19(4)13-22/h8-11,13-15,18H,6-7,12,17H2,1-5H3,(H,29,31)/b21-14+. The number of methoxy groups -OCH3 is 1. The Labute approximate surface area is 201 Å². The first kappa shape index (κ1) is 26.5. The lowest BCUT2D eigenvalue weighted by Gasteiger charge is -2.13. The van der Waals surface area contributed by atoms with Crippen LogP contribution in [0.1, 0.15) is 56.2 Å². The maximum Gasteiger partial charge on any atom is 0.349 e. The number of nitriles is 1. The van der Waals surface area contributed by atoms with Crippen molar-refractivity contribution in [2.75, 3.05) is 20.3 Å². The van der Waals surface area contributed by atoms with Crippen molar-refractivity contribution in [3.8, 4) is 23.3 Å². The lowest BCUT2D eigenvalue weighted by Crippen LogP contribution is -2.25. The number of ether oxygens (including phenoxy) is 3. The number of benzene rings is 2. The summed E-state index contributed by atoms with van der Waals surface area (Å²) < 4.78 is 16.3. The summed E-state index contributed by atoms with van der Waals surface area (Å²) in [6, 6.07) is 12.4. The van der Waals surface area contributed by atoms with Crippen LogP contribution in [0.2, 0.25) is 0 Å². The minimum Gasteiger partial charge on any atom is -0.493 e. The van der Waals surface area contributed by atoms with Gasteiger partial charge in [-0.2, -0.15) is 5.26 Å². The first-order valence-electron chi connectivity index (χ1n) is 11.3. The fourth-order valence-electron chi connectivity index (χ4n) is 3.33. The van der Waals surface area contributed by atoms with E-state index in [1.807, 2.05) is 38.1 Å². The molecule has 34 heavy (non-hydrogen) atoms. The molecule has 0 unspecified atom stereocenters. The smallest absolute Gasteiger partial charge is 0.349 e. The van der Waals surface area contributed by atoms with Crippen LogP contribution >= 0.6 is 0 Å². The minimum atomic E-state index is -0.583. The van der Waals surface area contributed by atoms with Crippen LogP contribution in [-0.2, 0) is 9.59 Å². The molecule has 0 saturated heterocycles. The predicted molar refractivity (Wildman–Crippen MR) is 131 cm³/mol. The molecule has 0 fully saturated rings. The number of unbranched alkanes of at least 4 members (excludes halogenated alkanes) is 1. The van der Waals surface area contributed by atoms with Gasteiger partial charge in [-0.1, -0.05) is 39.3 Å². The molecule has 0 aliphatic heterocycles. The number of esters is 1. The molecule has 7 nitrogen and oxygen atoms in total. The Bertz CT molecular complexity index is 1080. The van der Waals surface area contributed by atoms with Crippen LogP contribution in [0.4, 0.5) is 0 Å². The van der Waals surface area contributed by atoms with Crippen LogP contribution in [0.5, 0.6) is 17.2 Å². The normalized spacial score (nSPS) is 11.0. The summed E-state index contributed by atoms with van der Waals surface area (Å²) in [6.45, 7) is 8.52. The molecule has 0 heterocycles. The zero-order valence-corrected chi connectivity index (χ0v) is 20.4. The zero-order chi connectivity index (χ0) is 25.1. The molecule has 0 aliphatic carbocycles. The Kier molecular flexibility index (Phi) is 10.2. The van der Waals surface area contributed by atoms with E-state index in [2.05, 4.69) is 19.2 Å². The zero-order valence-electron chi connectivity index (χ0n) is 20.4. The number of aryl methyl sites for hydroxylation is 1. The molecular weight excluding hydrogens is 432 g/mol. The molecule has 0 bridgehead atoms. The van der Waals surface area contributed by atoms with E-state index in [9.17, 15) is 14.9 Å². The van der Waals surface area contributed by atoms with E-state index < -0.39 is 11.9 Å². The first-order valence-corrected chi connectivity index (χ1v) is 11.3. The number of rotatable bonds is 11. The lowest BCUT2D eigenvalue weighted by molar-refractivity contribution is -0.136. The van der Waals surface area contributed by atoms with E-state index in [0.29, 0.717) is 29.5 Å². The van der Waals surface area contributed by atoms with Gasteiger partial charge in [-0.15, -0.1) is 0 Å². The van der Waals surface area contributed by atoms with Crippen LogP contribution in [0.25, 0.3) is 6.08 Å². The highest BCUT2D eigenvalue weighted by Gasteiger charge is 2.14. The second-order valence-electron chi connectivity index (χ2n) is 8.13. The van der Waals surface area contributed by atoms with Crippen LogP contribution in [0.3, 0.4) is 0 Å². The first-order chi connectivity index (χ1) is 16.3. The number of carbonyl (C=O) groups excluding carboxylic acids is 2. The summed E-state index contributed by atoms with van der Waals surface area (Å²) in [7, 11) is 1.44. The topological polar surface area (TPSA) is 97.7 Å². The third-order valence-electron chi connectivity index (χ3n) is 5.12. The molecule has 1 N–H and O–H groups in total. The van der Waals surface area contributed by atoms with Gasteiger partial charge in [0.25, 0.3) is 5.91 Å². The Morgan fingerprint density at radius 2 is 1.91 bits per heavy atom. The number of nitrogens with zero attached hydrogens (tertiary/aromatic N) is 1. The molecule has 0 aromatic heterocycles. The van der Waals surface area contributed by atoms with Crippen molar-refractivity contribution in [2.24, 2.45) is 0 Å². The fraction of sp³-hybridized carbons (Fsp3) is 0.370. The Balaban J connectivity index is 2.05. The number of carbonyl (C=O) groups is 2. The van der Waals surface area contributed by atoms with Gasteiger partial charge >= 0.3 is 5.97 Å². The number of amides is 1. The van der Waals surface area contributed by atoms with Gasteiger partial charge in [0.15, 0.2) is 18.1 Å². The van der Waals surface area contributed by atoms with Gasteiger partial charge in [0.05, 0.1) is 7.11 Å². The van der Waals surface area contributed by atoms with Crippen LogP contribution in [0, 0.1) is 18.3 Å². The van der Waals surface area contributed by atoms with E-state index in [-0.39, 0.29) is 17.9 Å². The average molecular weight is 465 g/mol. The Morgan fingerprint density at radius 1 is 1.15 bits per heavy atom. The molecule has 0 spiro atoms. The van der Waals surface area contributed by atoms with Crippen molar-refractivity contribution in [3.05, 3.63) is 58.7 Å². The number of hydrogen-bond acceptors (Lipinski definition) is 6. The minimum absolute atomic E-state index is 0.0184. The van der Waals surface area contributed by atoms with Gasteiger partial charge in [0, 0.05) is 6.54 Å². The van der Waals surface area contributed by atoms with Crippen molar-refractivity contribution in [3.63, 3.8) is 0 Å². The van der Waals surface area contributed by atoms with Gasteiger partial charge in [0.1, 0.15) is 17.4 Å². The molecule has 2 rings (SSSR count). The van der Waals surface area contributed by atoms with E-state index in [1.165, 1.54) is 18.7 Å². The second-order valence-corrected chi connectivity index (χ2v) is 8.13. The van der Waals surface area contributed by atoms with Gasteiger partial charge in [0.2, 0.25) is 0 Å². The molecule has 7 heteroatoms. The highest BCUT2D eigenvalue weighted by Crippen LogP contribution is 2.29. The largest absolute Gasteiger partial charge is 0.493 e. The van der Waals surface area contributed by atoms with Gasteiger partial charge in [-0.3, -0.25) is 4.79 Å². The van der Waals surface area contributed by atoms with Crippen molar-refractivity contribution in [1.29, 1.82) is 5.26 Å². The summed E-state index contributed by atoms with van der Waals surface area (Å²) in [5, 5.41) is 12.0. The Morgan fingerprint density at radius 3 is 2.53 bits per heavy atom. The monoisotopic (exact) mass is 464 g/mol. The molecule has 0 saturated carbocycles.